The first-order valence-electron chi connectivity index (χ1n) is 7.15. The zero-order valence-electron chi connectivity index (χ0n) is 13.1. The third kappa shape index (κ3) is 3.79. The zero-order chi connectivity index (χ0) is 16.3. The number of carbonyl (C=O) groups is 2. The van der Waals surface area contributed by atoms with Crippen molar-refractivity contribution < 1.29 is 14.3 Å². The Hall–Kier alpha value is -2.48. The summed E-state index contributed by atoms with van der Waals surface area (Å²) >= 11 is 0. The molecule has 0 aliphatic carbocycles. The Morgan fingerprint density at radius 2 is 2.09 bits per heavy atom. The summed E-state index contributed by atoms with van der Waals surface area (Å²) in [6, 6.07) is 7.11. The van der Waals surface area contributed by atoms with E-state index < -0.39 is 11.7 Å². The Labute approximate surface area is 130 Å². The van der Waals surface area contributed by atoms with Crippen molar-refractivity contribution in [3.05, 3.63) is 24.3 Å². The Morgan fingerprint density at radius 1 is 1.41 bits per heavy atom. The van der Waals surface area contributed by atoms with Crippen LogP contribution in [0, 0.1) is 18.3 Å². The highest BCUT2D eigenvalue weighted by atomic mass is 16.6. The lowest BCUT2D eigenvalue weighted by molar-refractivity contribution is -0.117. The van der Waals surface area contributed by atoms with Crippen LogP contribution in [0.1, 0.15) is 27.2 Å². The van der Waals surface area contributed by atoms with Gasteiger partial charge in [-0.15, -0.1) is 12.3 Å². The fourth-order valence-electron chi connectivity index (χ4n) is 2.28. The van der Waals surface area contributed by atoms with Crippen molar-refractivity contribution in [1.29, 1.82) is 0 Å². The van der Waals surface area contributed by atoms with Gasteiger partial charge in [0.25, 0.3) is 0 Å². The molecule has 0 bridgehead atoms. The number of benzene rings is 1. The number of terminal acetylenes is 1. The van der Waals surface area contributed by atoms with E-state index in [-0.39, 0.29) is 11.8 Å². The second-order valence-corrected chi connectivity index (χ2v) is 6.22. The second-order valence-electron chi connectivity index (χ2n) is 6.22. The highest BCUT2D eigenvalue weighted by Gasteiger charge is 2.31. The number of carbonyl (C=O) groups excluding carboxylic acids is 2. The SMILES string of the molecule is C#CC1CC(=O)N(c2ccccc2NC(=O)OC(C)(C)C)C1. The monoisotopic (exact) mass is 300 g/mol. The quantitative estimate of drug-likeness (QED) is 0.854. The van der Waals surface area contributed by atoms with Gasteiger partial charge >= 0.3 is 6.09 Å². The van der Waals surface area contributed by atoms with Crippen LogP contribution in [0.5, 0.6) is 0 Å². The predicted octanol–water partition coefficient (Wildman–Crippen LogP) is 3.02. The molecule has 1 fully saturated rings. The molecule has 0 saturated carbocycles. The molecular weight excluding hydrogens is 280 g/mol. The van der Waals surface area contributed by atoms with E-state index in [2.05, 4.69) is 11.2 Å². The Morgan fingerprint density at radius 3 is 2.68 bits per heavy atom. The average Bonchev–Trinajstić information content (AvgIpc) is 2.78. The summed E-state index contributed by atoms with van der Waals surface area (Å²) in [4.78, 5) is 25.6. The molecule has 1 unspecified atom stereocenters. The van der Waals surface area contributed by atoms with Crippen molar-refractivity contribution >= 4 is 23.4 Å². The third-order valence-electron chi connectivity index (χ3n) is 3.19. The predicted molar refractivity (Wildman–Crippen MR) is 85.6 cm³/mol. The summed E-state index contributed by atoms with van der Waals surface area (Å²) in [5, 5.41) is 2.69. The van der Waals surface area contributed by atoms with Crippen LogP contribution >= 0.6 is 0 Å². The largest absolute Gasteiger partial charge is 0.444 e. The molecule has 1 aliphatic heterocycles. The summed E-state index contributed by atoms with van der Waals surface area (Å²) < 4.78 is 5.24. The minimum absolute atomic E-state index is 0.0404. The van der Waals surface area contributed by atoms with Crippen molar-refractivity contribution in [3.8, 4) is 12.3 Å². The standard InChI is InChI=1S/C17H20N2O3/c1-5-12-10-15(20)19(11-12)14-9-7-6-8-13(14)18-16(21)22-17(2,3)4/h1,6-9,12H,10-11H2,2-4H3,(H,18,21). The van der Waals surface area contributed by atoms with Gasteiger partial charge in [-0.05, 0) is 32.9 Å². The summed E-state index contributed by atoms with van der Waals surface area (Å²) in [5.41, 5.74) is 0.579. The van der Waals surface area contributed by atoms with Crippen molar-refractivity contribution in [2.45, 2.75) is 32.8 Å². The summed E-state index contributed by atoms with van der Waals surface area (Å²) in [6.07, 6.45) is 5.18. The van der Waals surface area contributed by atoms with Gasteiger partial charge in [-0.1, -0.05) is 12.1 Å². The maximum atomic E-state index is 12.1. The lowest BCUT2D eigenvalue weighted by Gasteiger charge is -2.23. The van der Waals surface area contributed by atoms with Crippen LogP contribution in [0.3, 0.4) is 0 Å². The van der Waals surface area contributed by atoms with Crippen molar-refractivity contribution in [2.24, 2.45) is 5.92 Å². The van der Waals surface area contributed by atoms with Gasteiger partial charge < -0.3 is 9.64 Å². The highest BCUT2D eigenvalue weighted by Crippen LogP contribution is 2.31. The van der Waals surface area contributed by atoms with Crippen molar-refractivity contribution in [3.63, 3.8) is 0 Å². The van der Waals surface area contributed by atoms with E-state index in [0.29, 0.717) is 24.3 Å². The number of nitrogens with one attached hydrogen (secondary N) is 1. The molecule has 1 aromatic rings. The molecule has 2 rings (SSSR count). The van der Waals surface area contributed by atoms with Gasteiger partial charge in [0.05, 0.1) is 11.4 Å². The van der Waals surface area contributed by atoms with Crippen LogP contribution in [-0.4, -0.2) is 24.1 Å². The molecule has 0 aromatic heterocycles. The van der Waals surface area contributed by atoms with Gasteiger partial charge in [-0.2, -0.15) is 0 Å². The van der Waals surface area contributed by atoms with E-state index in [1.165, 1.54) is 0 Å². The minimum atomic E-state index is -0.586. The molecule has 1 heterocycles. The maximum absolute atomic E-state index is 12.1. The molecule has 116 valence electrons. The van der Waals surface area contributed by atoms with Gasteiger partial charge in [-0.3, -0.25) is 10.1 Å². The number of para-hydroxylation sites is 2. The van der Waals surface area contributed by atoms with Gasteiger partial charge in [0.2, 0.25) is 5.91 Å². The molecule has 1 N–H and O–H groups in total. The van der Waals surface area contributed by atoms with E-state index in [4.69, 9.17) is 11.2 Å². The van der Waals surface area contributed by atoms with Crippen LogP contribution < -0.4 is 10.2 Å². The summed E-state index contributed by atoms with van der Waals surface area (Å²) in [7, 11) is 0. The molecule has 22 heavy (non-hydrogen) atoms. The maximum Gasteiger partial charge on any atom is 0.412 e. The number of anilines is 2. The van der Waals surface area contributed by atoms with Crippen LogP contribution in [0.25, 0.3) is 0 Å². The first-order chi connectivity index (χ1) is 10.3. The van der Waals surface area contributed by atoms with Gasteiger partial charge in [0.15, 0.2) is 0 Å². The topological polar surface area (TPSA) is 58.6 Å². The normalized spacial score (nSPS) is 18.0. The van der Waals surface area contributed by atoms with Crippen molar-refractivity contribution in [1.82, 2.24) is 0 Å². The molecule has 5 heteroatoms. The lowest BCUT2D eigenvalue weighted by Crippen LogP contribution is -2.29. The molecule has 5 nitrogen and oxygen atoms in total. The molecule has 0 radical (unpaired) electrons. The van der Waals surface area contributed by atoms with Gasteiger partial charge in [-0.25, -0.2) is 4.79 Å². The minimum Gasteiger partial charge on any atom is -0.444 e. The number of nitrogens with zero attached hydrogens (tertiary/aromatic N) is 1. The number of hydrogen-bond donors (Lipinski definition) is 1. The van der Waals surface area contributed by atoms with E-state index in [1.807, 2.05) is 6.07 Å². The molecule has 1 atom stereocenters. The van der Waals surface area contributed by atoms with E-state index in [9.17, 15) is 9.59 Å². The average molecular weight is 300 g/mol. The second kappa shape index (κ2) is 6.10. The molecule has 1 aromatic carbocycles. The van der Waals surface area contributed by atoms with E-state index in [1.54, 1.807) is 43.9 Å². The number of amides is 2. The first-order valence-corrected chi connectivity index (χ1v) is 7.15. The lowest BCUT2D eigenvalue weighted by atomic mass is 10.1. The van der Waals surface area contributed by atoms with Crippen LogP contribution in [-0.2, 0) is 9.53 Å². The van der Waals surface area contributed by atoms with Crippen molar-refractivity contribution in [2.75, 3.05) is 16.8 Å². The number of ether oxygens (including phenoxy) is 1. The molecule has 1 saturated heterocycles. The van der Waals surface area contributed by atoms with Crippen LogP contribution in [0.2, 0.25) is 0 Å². The third-order valence-corrected chi connectivity index (χ3v) is 3.19. The van der Waals surface area contributed by atoms with Crippen LogP contribution in [0.4, 0.5) is 16.2 Å². The Kier molecular flexibility index (Phi) is 4.41. The van der Waals surface area contributed by atoms with Gasteiger partial charge in [0, 0.05) is 18.9 Å². The molecule has 0 spiro atoms. The summed E-state index contributed by atoms with van der Waals surface area (Å²) in [6.45, 7) is 5.84. The molecular formula is C17H20N2O3. The van der Waals surface area contributed by atoms with E-state index >= 15 is 0 Å². The Balaban J connectivity index is 2.19. The highest BCUT2D eigenvalue weighted by molar-refractivity contribution is 6.01. The molecule has 2 amide bonds. The fraction of sp³-hybridized carbons (Fsp3) is 0.412. The van der Waals surface area contributed by atoms with E-state index in [0.717, 1.165) is 0 Å². The number of hydrogen-bond acceptors (Lipinski definition) is 3. The summed E-state index contributed by atoms with van der Waals surface area (Å²) in [5.74, 6) is 2.48. The zero-order valence-corrected chi connectivity index (χ0v) is 13.1. The first kappa shape index (κ1) is 15.9. The Bertz CT molecular complexity index is 626. The number of rotatable bonds is 2. The smallest absolute Gasteiger partial charge is 0.412 e. The fourth-order valence-corrected chi connectivity index (χ4v) is 2.28. The van der Waals surface area contributed by atoms with Gasteiger partial charge in [0.1, 0.15) is 5.60 Å². The van der Waals surface area contributed by atoms with Crippen LogP contribution in [0.15, 0.2) is 24.3 Å². The molecule has 1 aliphatic rings.